The highest BCUT2D eigenvalue weighted by Gasteiger charge is 2.23. The monoisotopic (exact) mass is 440 g/mol. The Kier molecular flexibility index (Phi) is 6.45. The maximum Gasteiger partial charge on any atom is 0.264 e. The van der Waals surface area contributed by atoms with Crippen molar-refractivity contribution in [1.29, 1.82) is 0 Å². The van der Waals surface area contributed by atoms with Gasteiger partial charge in [-0.1, -0.05) is 24.3 Å². The topological polar surface area (TPSA) is 66.5 Å². The van der Waals surface area contributed by atoms with E-state index < -0.39 is 15.8 Å². The lowest BCUT2D eigenvalue weighted by molar-refractivity contribution is 0.0939. The van der Waals surface area contributed by atoms with Gasteiger partial charge in [-0.2, -0.15) is 0 Å². The summed E-state index contributed by atoms with van der Waals surface area (Å²) in [4.78, 5) is 12.8. The van der Waals surface area contributed by atoms with Crippen molar-refractivity contribution in [3.63, 3.8) is 0 Å². The second kappa shape index (κ2) is 8.89. The van der Waals surface area contributed by atoms with Gasteiger partial charge in [0.2, 0.25) is 0 Å². The maximum atomic E-state index is 13.2. The molecule has 0 aliphatic carbocycles. The molecule has 1 atom stereocenters. The van der Waals surface area contributed by atoms with Crippen molar-refractivity contribution >= 4 is 21.6 Å². The molecule has 1 amide bonds. The molecule has 0 bridgehead atoms. The number of sulfonamides is 1. The zero-order valence-electron chi connectivity index (χ0n) is 17.9. The average Bonchev–Trinajstić information content (AvgIpc) is 2.75. The number of anilines is 1. The van der Waals surface area contributed by atoms with E-state index in [9.17, 15) is 17.6 Å². The van der Waals surface area contributed by atoms with Crippen LogP contribution < -0.4 is 9.62 Å². The lowest BCUT2D eigenvalue weighted by Gasteiger charge is -2.20. The summed E-state index contributed by atoms with van der Waals surface area (Å²) < 4.78 is 40.2. The fraction of sp³-hybridized carbons (Fsp3) is 0.208. The molecule has 0 fully saturated rings. The number of rotatable bonds is 6. The number of halogens is 1. The van der Waals surface area contributed by atoms with Gasteiger partial charge < -0.3 is 5.32 Å². The van der Waals surface area contributed by atoms with Crippen LogP contribution in [0.4, 0.5) is 10.1 Å². The van der Waals surface area contributed by atoms with Crippen molar-refractivity contribution in [3.8, 4) is 0 Å². The molecular formula is C24H25FN2O3S. The Labute approximate surface area is 182 Å². The minimum Gasteiger partial charge on any atom is -0.346 e. The number of amides is 1. The molecule has 0 saturated carbocycles. The molecule has 0 aliphatic rings. The first-order chi connectivity index (χ1) is 14.6. The quantitative estimate of drug-likeness (QED) is 0.601. The third-order valence-electron chi connectivity index (χ3n) is 5.32. The molecule has 7 heteroatoms. The Morgan fingerprint density at radius 2 is 1.65 bits per heavy atom. The van der Waals surface area contributed by atoms with E-state index in [-0.39, 0.29) is 22.4 Å². The number of carbonyl (C=O) groups is 1. The number of nitrogens with zero attached hydrogens (tertiary/aromatic N) is 1. The van der Waals surface area contributed by atoms with E-state index in [1.807, 2.05) is 39.0 Å². The minimum absolute atomic E-state index is 0.0224. The predicted octanol–water partition coefficient (Wildman–Crippen LogP) is 4.76. The number of carbonyl (C=O) groups excluding carboxylic acids is 1. The highest BCUT2D eigenvalue weighted by molar-refractivity contribution is 7.92. The lowest BCUT2D eigenvalue weighted by Crippen LogP contribution is -2.28. The molecular weight excluding hydrogens is 415 g/mol. The summed E-state index contributed by atoms with van der Waals surface area (Å²) in [7, 11) is -2.54. The van der Waals surface area contributed by atoms with Crippen LogP contribution in [-0.4, -0.2) is 21.4 Å². The van der Waals surface area contributed by atoms with Gasteiger partial charge in [0.05, 0.1) is 16.6 Å². The van der Waals surface area contributed by atoms with Gasteiger partial charge >= 0.3 is 0 Å². The molecule has 31 heavy (non-hydrogen) atoms. The molecule has 0 aromatic heterocycles. The van der Waals surface area contributed by atoms with Crippen LogP contribution in [0.1, 0.15) is 40.0 Å². The van der Waals surface area contributed by atoms with Crippen molar-refractivity contribution in [2.24, 2.45) is 0 Å². The summed E-state index contributed by atoms with van der Waals surface area (Å²) in [5.74, 6) is -0.821. The minimum atomic E-state index is -3.92. The van der Waals surface area contributed by atoms with Crippen LogP contribution in [0.5, 0.6) is 0 Å². The van der Waals surface area contributed by atoms with Gasteiger partial charge in [-0.15, -0.1) is 0 Å². The van der Waals surface area contributed by atoms with E-state index in [4.69, 9.17) is 0 Å². The summed E-state index contributed by atoms with van der Waals surface area (Å²) >= 11 is 0. The SMILES string of the molecule is Cc1ccc([C@H](C)NC(=O)c2cccc(S(=O)(=O)N(C)c3ccc(F)cc3)c2)cc1C. The van der Waals surface area contributed by atoms with E-state index in [2.05, 4.69) is 5.32 Å². The fourth-order valence-electron chi connectivity index (χ4n) is 3.14. The zero-order chi connectivity index (χ0) is 22.8. The van der Waals surface area contributed by atoms with Gasteiger partial charge in [-0.05, 0) is 79.9 Å². The third-order valence-corrected chi connectivity index (χ3v) is 7.10. The van der Waals surface area contributed by atoms with Crippen LogP contribution in [0.25, 0.3) is 0 Å². The van der Waals surface area contributed by atoms with Crippen LogP contribution in [0.3, 0.4) is 0 Å². The summed E-state index contributed by atoms with van der Waals surface area (Å²) in [5, 5.41) is 2.92. The normalized spacial score (nSPS) is 12.3. The zero-order valence-corrected chi connectivity index (χ0v) is 18.7. The molecule has 162 valence electrons. The molecule has 0 unspecified atom stereocenters. The Morgan fingerprint density at radius 3 is 2.29 bits per heavy atom. The molecule has 3 rings (SSSR count). The van der Waals surface area contributed by atoms with Crippen molar-refractivity contribution in [3.05, 3.63) is 94.8 Å². The molecule has 5 nitrogen and oxygen atoms in total. The molecule has 0 saturated heterocycles. The van der Waals surface area contributed by atoms with Gasteiger partial charge in [0.25, 0.3) is 15.9 Å². The standard InChI is InChI=1S/C24H25FN2O3S/c1-16-8-9-19(14-17(16)2)18(3)26-24(28)20-6-5-7-23(15-20)31(29,30)27(4)22-12-10-21(25)11-13-22/h5-15,18H,1-4H3,(H,26,28)/t18-/m0/s1. The van der Waals surface area contributed by atoms with Crippen molar-refractivity contribution < 1.29 is 17.6 Å². The molecule has 3 aromatic rings. The van der Waals surface area contributed by atoms with Gasteiger partial charge in [-0.25, -0.2) is 12.8 Å². The van der Waals surface area contributed by atoms with E-state index in [1.54, 1.807) is 6.07 Å². The summed E-state index contributed by atoms with van der Waals surface area (Å²) in [6, 6.07) is 16.8. The fourth-order valence-corrected chi connectivity index (χ4v) is 4.38. The highest BCUT2D eigenvalue weighted by Crippen LogP contribution is 2.23. The van der Waals surface area contributed by atoms with E-state index in [0.29, 0.717) is 5.69 Å². The third kappa shape index (κ3) is 4.94. The Balaban J connectivity index is 1.82. The van der Waals surface area contributed by atoms with Crippen molar-refractivity contribution in [1.82, 2.24) is 5.32 Å². The smallest absolute Gasteiger partial charge is 0.264 e. The summed E-state index contributed by atoms with van der Waals surface area (Å²) in [6.07, 6.45) is 0. The molecule has 0 aliphatic heterocycles. The molecule has 0 radical (unpaired) electrons. The van der Waals surface area contributed by atoms with Gasteiger partial charge in [-0.3, -0.25) is 9.10 Å². The average molecular weight is 441 g/mol. The largest absolute Gasteiger partial charge is 0.346 e. The van der Waals surface area contributed by atoms with Gasteiger partial charge in [0.1, 0.15) is 5.82 Å². The Bertz CT molecular complexity index is 1210. The Morgan fingerprint density at radius 1 is 0.968 bits per heavy atom. The molecule has 0 heterocycles. The summed E-state index contributed by atoms with van der Waals surface area (Å²) in [6.45, 7) is 5.92. The van der Waals surface area contributed by atoms with E-state index in [1.165, 1.54) is 55.1 Å². The number of aryl methyl sites for hydroxylation is 2. The van der Waals surface area contributed by atoms with Crippen LogP contribution in [0.2, 0.25) is 0 Å². The van der Waals surface area contributed by atoms with Gasteiger partial charge in [0, 0.05) is 12.6 Å². The molecule has 0 spiro atoms. The lowest BCUT2D eigenvalue weighted by atomic mass is 10.0. The first kappa shape index (κ1) is 22.5. The highest BCUT2D eigenvalue weighted by atomic mass is 32.2. The van der Waals surface area contributed by atoms with Crippen LogP contribution >= 0.6 is 0 Å². The first-order valence-corrected chi connectivity index (χ1v) is 11.3. The maximum absolute atomic E-state index is 13.2. The second-order valence-electron chi connectivity index (χ2n) is 7.52. The van der Waals surface area contributed by atoms with E-state index >= 15 is 0 Å². The Hall–Kier alpha value is -3.19. The van der Waals surface area contributed by atoms with Crippen molar-refractivity contribution in [2.45, 2.75) is 31.7 Å². The molecule has 1 N–H and O–H groups in total. The second-order valence-corrected chi connectivity index (χ2v) is 9.48. The molecule has 3 aromatic carbocycles. The van der Waals surface area contributed by atoms with Crippen LogP contribution in [-0.2, 0) is 10.0 Å². The van der Waals surface area contributed by atoms with E-state index in [0.717, 1.165) is 15.4 Å². The van der Waals surface area contributed by atoms with Crippen LogP contribution in [0.15, 0.2) is 71.6 Å². The van der Waals surface area contributed by atoms with Crippen LogP contribution in [0, 0.1) is 19.7 Å². The number of hydrogen-bond donors (Lipinski definition) is 1. The first-order valence-electron chi connectivity index (χ1n) is 9.82. The van der Waals surface area contributed by atoms with Crippen molar-refractivity contribution in [2.75, 3.05) is 11.4 Å². The number of hydrogen-bond acceptors (Lipinski definition) is 3. The van der Waals surface area contributed by atoms with Gasteiger partial charge in [0.15, 0.2) is 0 Å². The number of nitrogens with one attached hydrogen (secondary N) is 1. The summed E-state index contributed by atoms with van der Waals surface area (Å²) in [5.41, 5.74) is 3.83. The number of benzene rings is 3. The predicted molar refractivity (Wildman–Crippen MR) is 120 cm³/mol.